The van der Waals surface area contributed by atoms with Crippen LogP contribution in [0.4, 0.5) is 10.5 Å². The molecule has 1 atom stereocenters. The molecule has 1 aromatic rings. The smallest absolute Gasteiger partial charge is 0.410 e. The molecule has 1 spiro atoms. The van der Waals surface area contributed by atoms with Crippen LogP contribution in [0.5, 0.6) is 0 Å². The molecule has 3 fully saturated rings. The fourth-order valence-corrected chi connectivity index (χ4v) is 6.00. The highest BCUT2D eigenvalue weighted by Crippen LogP contribution is 2.41. The molecule has 1 aromatic carbocycles. The summed E-state index contributed by atoms with van der Waals surface area (Å²) in [4.78, 5) is 34.0. The van der Waals surface area contributed by atoms with Gasteiger partial charge in [-0.25, -0.2) is 4.79 Å². The first kappa shape index (κ1) is 23.9. The average molecular weight is 457 g/mol. The van der Waals surface area contributed by atoms with Gasteiger partial charge in [0.05, 0.1) is 11.6 Å². The van der Waals surface area contributed by atoms with Crippen molar-refractivity contribution in [3.05, 3.63) is 29.8 Å². The number of likely N-dealkylation sites (N-methyl/N-ethyl adjacent to an activating group) is 1. The summed E-state index contributed by atoms with van der Waals surface area (Å²) >= 11 is 0. The summed E-state index contributed by atoms with van der Waals surface area (Å²) in [5.74, 6) is 0.134. The molecule has 4 rings (SSSR count). The van der Waals surface area contributed by atoms with Gasteiger partial charge in [-0.1, -0.05) is 31.9 Å². The molecule has 0 radical (unpaired) electrons. The SMILES string of the molecule is CCCCC1N(C)C(=O)OC12CCN(C1CCN(C(=O)c3ccccc3N(C)C)CC1)CC2. The van der Waals surface area contributed by atoms with Gasteiger partial charge in [0.1, 0.15) is 5.60 Å². The molecule has 3 aliphatic heterocycles. The van der Waals surface area contributed by atoms with Crippen molar-refractivity contribution in [1.29, 1.82) is 0 Å². The number of ether oxygens (including phenoxy) is 1. The first-order valence-electron chi connectivity index (χ1n) is 12.6. The second kappa shape index (κ2) is 9.92. The summed E-state index contributed by atoms with van der Waals surface area (Å²) in [6.07, 6.45) is 6.95. The summed E-state index contributed by atoms with van der Waals surface area (Å²) in [6.45, 7) is 5.72. The number of likely N-dealkylation sites (tertiary alicyclic amines) is 2. The molecule has 0 N–H and O–H groups in total. The van der Waals surface area contributed by atoms with Gasteiger partial charge in [-0.05, 0) is 31.4 Å². The Morgan fingerprint density at radius 2 is 1.79 bits per heavy atom. The summed E-state index contributed by atoms with van der Waals surface area (Å²) in [5, 5.41) is 0. The Hall–Kier alpha value is -2.28. The molecule has 7 nitrogen and oxygen atoms in total. The van der Waals surface area contributed by atoms with Crippen LogP contribution in [0.15, 0.2) is 24.3 Å². The quantitative estimate of drug-likeness (QED) is 0.651. The number of hydrogen-bond donors (Lipinski definition) is 0. The molecule has 0 aliphatic carbocycles. The van der Waals surface area contributed by atoms with E-state index in [-0.39, 0.29) is 23.6 Å². The monoisotopic (exact) mass is 456 g/mol. The zero-order valence-corrected chi connectivity index (χ0v) is 20.8. The number of hydrogen-bond acceptors (Lipinski definition) is 5. The lowest BCUT2D eigenvalue weighted by atomic mass is 9.81. The largest absolute Gasteiger partial charge is 0.440 e. The van der Waals surface area contributed by atoms with Gasteiger partial charge < -0.3 is 19.4 Å². The van der Waals surface area contributed by atoms with Gasteiger partial charge in [-0.3, -0.25) is 9.69 Å². The Kier molecular flexibility index (Phi) is 7.17. The predicted octanol–water partition coefficient (Wildman–Crippen LogP) is 3.83. The number of carbonyl (C=O) groups excluding carboxylic acids is 2. The van der Waals surface area contributed by atoms with Crippen LogP contribution in [0.1, 0.15) is 62.2 Å². The van der Waals surface area contributed by atoms with E-state index < -0.39 is 0 Å². The molecule has 0 saturated carbocycles. The van der Waals surface area contributed by atoms with Crippen molar-refractivity contribution >= 4 is 17.7 Å². The van der Waals surface area contributed by atoms with Gasteiger partial charge in [0.15, 0.2) is 0 Å². The number of anilines is 1. The molecule has 3 saturated heterocycles. The fraction of sp³-hybridized carbons (Fsp3) is 0.692. The van der Waals surface area contributed by atoms with Gasteiger partial charge in [0, 0.05) is 71.9 Å². The van der Waals surface area contributed by atoms with Crippen molar-refractivity contribution in [2.75, 3.05) is 52.2 Å². The number of rotatable bonds is 6. The van der Waals surface area contributed by atoms with Crippen molar-refractivity contribution < 1.29 is 14.3 Å². The summed E-state index contributed by atoms with van der Waals surface area (Å²) in [5.41, 5.74) is 1.44. The average Bonchev–Trinajstić information content (AvgIpc) is 3.06. The molecule has 182 valence electrons. The lowest BCUT2D eigenvalue weighted by Gasteiger charge is -2.46. The lowest BCUT2D eigenvalue weighted by molar-refractivity contribution is -0.0375. The van der Waals surface area contributed by atoms with Crippen LogP contribution in [-0.4, -0.2) is 91.7 Å². The standard InChI is InChI=1S/C26H40N4O3/c1-5-6-11-23-26(33-25(32)28(23)4)14-18-29(19-15-26)20-12-16-30(17-13-20)24(31)21-9-7-8-10-22(21)27(2)3/h7-10,20,23H,5-6,11-19H2,1-4H3. The minimum Gasteiger partial charge on any atom is -0.440 e. The third-order valence-corrected chi connectivity index (χ3v) is 8.01. The molecule has 0 bridgehead atoms. The third kappa shape index (κ3) is 4.70. The van der Waals surface area contributed by atoms with E-state index in [4.69, 9.17) is 4.74 Å². The molecule has 33 heavy (non-hydrogen) atoms. The normalized spacial score (nSPS) is 23.8. The highest BCUT2D eigenvalue weighted by molar-refractivity contribution is 5.99. The Bertz CT molecular complexity index is 842. The number of benzene rings is 1. The summed E-state index contributed by atoms with van der Waals surface area (Å²) < 4.78 is 5.98. The van der Waals surface area contributed by atoms with E-state index in [1.807, 2.05) is 60.1 Å². The number of unbranched alkanes of at least 4 members (excludes halogenated alkanes) is 1. The van der Waals surface area contributed by atoms with Crippen LogP contribution < -0.4 is 4.90 Å². The van der Waals surface area contributed by atoms with Crippen LogP contribution in [0, 0.1) is 0 Å². The second-order valence-electron chi connectivity index (χ2n) is 10.2. The van der Waals surface area contributed by atoms with Crippen molar-refractivity contribution in [2.45, 2.75) is 69.6 Å². The molecule has 7 heteroatoms. The Balaban J connectivity index is 1.33. The molecule has 1 unspecified atom stereocenters. The molecule has 0 aromatic heterocycles. The number of nitrogens with zero attached hydrogens (tertiary/aromatic N) is 4. The predicted molar refractivity (Wildman–Crippen MR) is 131 cm³/mol. The second-order valence-corrected chi connectivity index (χ2v) is 10.2. The maximum atomic E-state index is 13.2. The minimum absolute atomic E-state index is 0.134. The molecule has 2 amide bonds. The van der Waals surface area contributed by atoms with Crippen molar-refractivity contribution in [2.24, 2.45) is 0 Å². The van der Waals surface area contributed by atoms with E-state index in [2.05, 4.69) is 11.8 Å². The molecular formula is C26H40N4O3. The third-order valence-electron chi connectivity index (χ3n) is 8.01. The van der Waals surface area contributed by atoms with Gasteiger partial charge in [0.2, 0.25) is 0 Å². The zero-order chi connectivity index (χ0) is 23.6. The van der Waals surface area contributed by atoms with Crippen LogP contribution in [0.25, 0.3) is 0 Å². The maximum Gasteiger partial charge on any atom is 0.410 e. The van der Waals surface area contributed by atoms with Crippen LogP contribution in [-0.2, 0) is 4.74 Å². The van der Waals surface area contributed by atoms with E-state index in [1.54, 1.807) is 0 Å². The summed E-state index contributed by atoms with van der Waals surface area (Å²) in [6, 6.07) is 8.56. The lowest BCUT2D eigenvalue weighted by Crippen LogP contribution is -2.55. The van der Waals surface area contributed by atoms with Crippen LogP contribution in [0.2, 0.25) is 0 Å². The highest BCUT2D eigenvalue weighted by Gasteiger charge is 2.53. The van der Waals surface area contributed by atoms with Crippen molar-refractivity contribution in [3.63, 3.8) is 0 Å². The van der Waals surface area contributed by atoms with E-state index in [0.29, 0.717) is 6.04 Å². The maximum absolute atomic E-state index is 13.2. The van der Waals surface area contributed by atoms with E-state index in [1.165, 1.54) is 0 Å². The Morgan fingerprint density at radius 3 is 2.42 bits per heavy atom. The van der Waals surface area contributed by atoms with Crippen molar-refractivity contribution in [1.82, 2.24) is 14.7 Å². The van der Waals surface area contributed by atoms with Gasteiger partial charge in [-0.2, -0.15) is 0 Å². The number of piperidine rings is 2. The van der Waals surface area contributed by atoms with E-state index in [0.717, 1.165) is 82.4 Å². The number of para-hydroxylation sites is 1. The van der Waals surface area contributed by atoms with Crippen molar-refractivity contribution in [3.8, 4) is 0 Å². The first-order chi connectivity index (χ1) is 15.9. The van der Waals surface area contributed by atoms with E-state index >= 15 is 0 Å². The Labute approximate surface area is 198 Å². The number of carbonyl (C=O) groups is 2. The van der Waals surface area contributed by atoms with E-state index in [9.17, 15) is 9.59 Å². The topological polar surface area (TPSA) is 56.3 Å². The van der Waals surface area contributed by atoms with Gasteiger partial charge in [0.25, 0.3) is 5.91 Å². The van der Waals surface area contributed by atoms with Gasteiger partial charge in [-0.15, -0.1) is 0 Å². The molecule has 3 aliphatic rings. The first-order valence-corrected chi connectivity index (χ1v) is 12.6. The summed E-state index contributed by atoms with van der Waals surface area (Å²) in [7, 11) is 5.85. The Morgan fingerprint density at radius 1 is 1.12 bits per heavy atom. The van der Waals surface area contributed by atoms with Crippen LogP contribution in [0.3, 0.4) is 0 Å². The van der Waals surface area contributed by atoms with Crippen LogP contribution >= 0.6 is 0 Å². The molecular weight excluding hydrogens is 416 g/mol. The number of amides is 2. The van der Waals surface area contributed by atoms with Gasteiger partial charge >= 0.3 is 6.09 Å². The minimum atomic E-state index is -0.315. The highest BCUT2D eigenvalue weighted by atomic mass is 16.6. The molecule has 3 heterocycles. The fourth-order valence-electron chi connectivity index (χ4n) is 6.00. The zero-order valence-electron chi connectivity index (χ0n) is 20.8.